The lowest BCUT2D eigenvalue weighted by Gasteiger charge is -2.42. The first-order valence-corrected chi connectivity index (χ1v) is 11.1. The van der Waals surface area contributed by atoms with Crippen LogP contribution in [0.1, 0.15) is 66.7 Å². The molecule has 5 heteroatoms. The predicted molar refractivity (Wildman–Crippen MR) is 116 cm³/mol. The van der Waals surface area contributed by atoms with Crippen molar-refractivity contribution in [3.63, 3.8) is 0 Å². The molecule has 0 radical (unpaired) electrons. The van der Waals surface area contributed by atoms with Crippen molar-refractivity contribution < 1.29 is 0 Å². The van der Waals surface area contributed by atoms with E-state index in [-0.39, 0.29) is 0 Å². The number of aliphatic imine (C=N–C) groups is 1. The minimum Gasteiger partial charge on any atom is -0.358 e. The van der Waals surface area contributed by atoms with Gasteiger partial charge in [0.25, 0.3) is 0 Å². The zero-order valence-electron chi connectivity index (χ0n) is 17.5. The molecule has 1 saturated carbocycles. The molecule has 1 aliphatic carbocycles. The van der Waals surface area contributed by atoms with E-state index in [0.29, 0.717) is 24.2 Å². The van der Waals surface area contributed by atoms with Gasteiger partial charge in [-0.25, -0.2) is 0 Å². The second kappa shape index (κ2) is 7.86. The van der Waals surface area contributed by atoms with E-state index < -0.39 is 0 Å². The lowest BCUT2D eigenvalue weighted by atomic mass is 9.88. The highest BCUT2D eigenvalue weighted by atomic mass is 15.3. The summed E-state index contributed by atoms with van der Waals surface area (Å²) in [6.07, 6.45) is 12.0. The summed E-state index contributed by atoms with van der Waals surface area (Å²) in [5, 5.41) is 0. The first kappa shape index (κ1) is 18.7. The van der Waals surface area contributed by atoms with Crippen molar-refractivity contribution in [2.45, 2.75) is 70.1 Å². The predicted octanol–water partition coefficient (Wildman–Crippen LogP) is 4.24. The molecule has 4 heterocycles. The smallest absolute Gasteiger partial charge is 0.0857 e. The lowest BCUT2D eigenvalue weighted by molar-refractivity contribution is 0.0731. The van der Waals surface area contributed by atoms with Gasteiger partial charge in [-0.3, -0.25) is 19.9 Å². The van der Waals surface area contributed by atoms with E-state index in [1.807, 2.05) is 24.5 Å². The lowest BCUT2D eigenvalue weighted by Crippen LogP contribution is -2.39. The van der Waals surface area contributed by atoms with Gasteiger partial charge in [-0.1, -0.05) is 12.1 Å². The van der Waals surface area contributed by atoms with Gasteiger partial charge in [-0.2, -0.15) is 0 Å². The summed E-state index contributed by atoms with van der Waals surface area (Å²) in [6, 6.07) is 10.5. The Morgan fingerprint density at radius 2 is 1.59 bits per heavy atom. The van der Waals surface area contributed by atoms with E-state index in [9.17, 15) is 0 Å². The van der Waals surface area contributed by atoms with Crippen molar-refractivity contribution in [2.24, 2.45) is 4.99 Å². The Bertz CT molecular complexity index is 841. The zero-order chi connectivity index (χ0) is 19.8. The molecule has 4 atom stereocenters. The molecule has 0 spiro atoms. The molecular formula is C24H31N5. The number of fused-ring (bicyclic) bond motifs is 1. The van der Waals surface area contributed by atoms with Gasteiger partial charge in [-0.05, 0) is 69.2 Å². The fourth-order valence-corrected chi connectivity index (χ4v) is 5.25. The fraction of sp³-hybridized carbons (Fsp3) is 0.542. The second-order valence-electron chi connectivity index (χ2n) is 8.84. The van der Waals surface area contributed by atoms with Gasteiger partial charge >= 0.3 is 0 Å². The Hall–Kier alpha value is -2.27. The van der Waals surface area contributed by atoms with Gasteiger partial charge in [0.15, 0.2) is 0 Å². The summed E-state index contributed by atoms with van der Waals surface area (Å²) in [6.45, 7) is 6.57. The first-order chi connectivity index (χ1) is 14.2. The molecular weight excluding hydrogens is 358 g/mol. The van der Waals surface area contributed by atoms with Crippen LogP contribution in [0.25, 0.3) is 0 Å². The van der Waals surface area contributed by atoms with Gasteiger partial charge in [-0.15, -0.1) is 0 Å². The van der Waals surface area contributed by atoms with Gasteiger partial charge in [0, 0.05) is 25.5 Å². The summed E-state index contributed by atoms with van der Waals surface area (Å²) in [5.74, 6) is 0. The van der Waals surface area contributed by atoms with E-state index >= 15 is 0 Å². The molecule has 3 aliphatic rings. The average Bonchev–Trinajstić information content (AvgIpc) is 3.42. The van der Waals surface area contributed by atoms with E-state index in [1.54, 1.807) is 0 Å². The van der Waals surface area contributed by atoms with Crippen molar-refractivity contribution in [2.75, 3.05) is 13.1 Å². The number of nitrogens with zero attached hydrogens (tertiary/aromatic N) is 5. The van der Waals surface area contributed by atoms with Crippen LogP contribution in [0, 0.1) is 13.8 Å². The molecule has 2 aromatic heterocycles. The highest BCUT2D eigenvalue weighted by Gasteiger charge is 2.44. The first-order valence-electron chi connectivity index (χ1n) is 11.1. The van der Waals surface area contributed by atoms with Crippen LogP contribution in [-0.4, -0.2) is 51.3 Å². The van der Waals surface area contributed by atoms with Crippen molar-refractivity contribution in [3.8, 4) is 0 Å². The number of rotatable bonds is 6. The molecule has 2 aliphatic heterocycles. The van der Waals surface area contributed by atoms with Crippen molar-refractivity contribution in [3.05, 3.63) is 59.2 Å². The van der Waals surface area contributed by atoms with Crippen LogP contribution in [0.15, 0.2) is 41.7 Å². The third kappa shape index (κ3) is 3.68. The molecule has 152 valence electrons. The van der Waals surface area contributed by atoms with E-state index in [1.165, 1.54) is 48.2 Å². The molecule has 1 saturated heterocycles. The van der Waals surface area contributed by atoms with Crippen LogP contribution in [0.4, 0.5) is 0 Å². The minimum atomic E-state index is 0.372. The molecule has 29 heavy (non-hydrogen) atoms. The van der Waals surface area contributed by atoms with Gasteiger partial charge < -0.3 is 4.90 Å². The largest absolute Gasteiger partial charge is 0.358 e. The molecule has 2 aromatic rings. The normalized spacial score (nSPS) is 28.6. The van der Waals surface area contributed by atoms with Crippen LogP contribution < -0.4 is 0 Å². The molecule has 0 amide bonds. The number of aryl methyl sites for hydroxylation is 2. The topological polar surface area (TPSA) is 44.6 Å². The third-order valence-corrected chi connectivity index (χ3v) is 6.88. The SMILES string of the molecule is Cc1cccnc1[C@H]1CCC[C@@H](c2ncccc2C)N1CCCN1C=NC2CC21. The maximum Gasteiger partial charge on any atom is 0.0857 e. The molecule has 0 bridgehead atoms. The van der Waals surface area contributed by atoms with Gasteiger partial charge in [0.2, 0.25) is 0 Å². The van der Waals surface area contributed by atoms with E-state index in [2.05, 4.69) is 47.1 Å². The molecule has 0 N–H and O–H groups in total. The van der Waals surface area contributed by atoms with Gasteiger partial charge in [0.05, 0.1) is 41.9 Å². The van der Waals surface area contributed by atoms with E-state index in [0.717, 1.165) is 19.5 Å². The van der Waals surface area contributed by atoms with Crippen molar-refractivity contribution in [1.29, 1.82) is 0 Å². The van der Waals surface area contributed by atoms with Gasteiger partial charge in [0.1, 0.15) is 0 Å². The molecule has 0 aromatic carbocycles. The summed E-state index contributed by atoms with van der Waals surface area (Å²) in [5.41, 5.74) is 5.09. The standard InChI is InChI=1S/C24H31N5/c1-17-7-4-11-25-23(17)20-9-3-10-21(24-18(2)8-5-12-26-24)29(20)14-6-13-28-16-27-19-15-22(19)28/h4-5,7-8,11-12,16,19-22H,3,6,9-10,13-15H2,1-2H3/t19?,20-,21+,22?. The Morgan fingerprint density at radius 3 is 2.10 bits per heavy atom. The monoisotopic (exact) mass is 389 g/mol. The van der Waals surface area contributed by atoms with Crippen molar-refractivity contribution in [1.82, 2.24) is 19.8 Å². The maximum atomic E-state index is 4.81. The number of piperidine rings is 1. The van der Waals surface area contributed by atoms with E-state index in [4.69, 9.17) is 9.97 Å². The summed E-state index contributed by atoms with van der Waals surface area (Å²) in [4.78, 5) is 19.4. The molecule has 2 fully saturated rings. The van der Waals surface area contributed by atoms with Crippen LogP contribution in [0.3, 0.4) is 0 Å². The number of pyridine rings is 2. The maximum absolute atomic E-state index is 4.81. The summed E-state index contributed by atoms with van der Waals surface area (Å²) >= 11 is 0. The fourth-order valence-electron chi connectivity index (χ4n) is 5.25. The average molecular weight is 390 g/mol. The number of hydrogen-bond donors (Lipinski definition) is 0. The summed E-state index contributed by atoms with van der Waals surface area (Å²) in [7, 11) is 0. The third-order valence-electron chi connectivity index (χ3n) is 6.88. The van der Waals surface area contributed by atoms with Crippen LogP contribution in [0.5, 0.6) is 0 Å². The number of hydrogen-bond acceptors (Lipinski definition) is 5. The highest BCUT2D eigenvalue weighted by Crippen LogP contribution is 2.42. The van der Waals surface area contributed by atoms with Crippen molar-refractivity contribution >= 4 is 6.34 Å². The zero-order valence-corrected chi connectivity index (χ0v) is 17.5. The molecule has 2 unspecified atom stereocenters. The Balaban J connectivity index is 1.39. The minimum absolute atomic E-state index is 0.372. The summed E-state index contributed by atoms with van der Waals surface area (Å²) < 4.78 is 0. The van der Waals surface area contributed by atoms with Crippen LogP contribution in [0.2, 0.25) is 0 Å². The molecule has 5 rings (SSSR count). The van der Waals surface area contributed by atoms with Crippen LogP contribution in [-0.2, 0) is 0 Å². The number of aromatic nitrogens is 2. The number of likely N-dealkylation sites (tertiary alicyclic amines) is 1. The Morgan fingerprint density at radius 1 is 0.931 bits per heavy atom. The second-order valence-corrected chi connectivity index (χ2v) is 8.84. The Labute approximate surface area is 173 Å². The quantitative estimate of drug-likeness (QED) is 0.741. The van der Waals surface area contributed by atoms with Crippen LogP contribution >= 0.6 is 0 Å². The highest BCUT2D eigenvalue weighted by molar-refractivity contribution is 5.61. The Kier molecular flexibility index (Phi) is 5.08. The molecule has 5 nitrogen and oxygen atoms in total.